The van der Waals surface area contributed by atoms with E-state index in [1.54, 1.807) is 12.4 Å². The number of nitrogens with zero attached hydrogens (tertiary/aromatic N) is 2. The minimum absolute atomic E-state index is 0.507. The van der Waals surface area contributed by atoms with Gasteiger partial charge in [-0.15, -0.1) is 0 Å². The number of aliphatic hydroxyl groups excluding tert-OH is 1. The van der Waals surface area contributed by atoms with E-state index in [9.17, 15) is 5.11 Å². The van der Waals surface area contributed by atoms with Crippen molar-refractivity contribution in [3.63, 3.8) is 0 Å². The predicted octanol–water partition coefficient (Wildman–Crippen LogP) is 0.510. The van der Waals surface area contributed by atoms with Crippen LogP contribution in [0.1, 0.15) is 25.0 Å². The van der Waals surface area contributed by atoms with E-state index in [1.807, 2.05) is 0 Å². The van der Waals surface area contributed by atoms with E-state index >= 15 is 0 Å². The van der Waals surface area contributed by atoms with Crippen molar-refractivity contribution < 1.29 is 5.11 Å². The second-order valence-electron chi connectivity index (χ2n) is 2.89. The van der Waals surface area contributed by atoms with Crippen LogP contribution >= 0.6 is 0 Å². The molecule has 0 bridgehead atoms. The molecule has 0 aliphatic carbocycles. The Bertz CT molecular complexity index is 228. The molecule has 0 spiro atoms. The Kier molecular flexibility index (Phi) is 4.35. The van der Waals surface area contributed by atoms with Crippen LogP contribution in [0.5, 0.6) is 0 Å². The molecule has 0 radical (unpaired) electrons. The van der Waals surface area contributed by atoms with Gasteiger partial charge < -0.3 is 10.4 Å². The Labute approximate surface area is 78.0 Å². The third-order valence-corrected chi connectivity index (χ3v) is 1.73. The first-order chi connectivity index (χ1) is 6.34. The first-order valence-electron chi connectivity index (χ1n) is 4.48. The summed E-state index contributed by atoms with van der Waals surface area (Å²) in [5.41, 5.74) is 0.756. The molecule has 2 N–H and O–H groups in total. The fourth-order valence-electron chi connectivity index (χ4n) is 1.02. The lowest BCUT2D eigenvalue weighted by molar-refractivity contribution is 0.174. The van der Waals surface area contributed by atoms with Crippen molar-refractivity contribution >= 4 is 0 Å². The minimum Gasteiger partial charge on any atom is -0.387 e. The highest BCUT2D eigenvalue weighted by Crippen LogP contribution is 2.07. The maximum absolute atomic E-state index is 9.60. The number of hydrogen-bond donors (Lipinski definition) is 2. The molecule has 1 heterocycles. The van der Waals surface area contributed by atoms with E-state index in [0.717, 1.165) is 18.5 Å². The molecule has 13 heavy (non-hydrogen) atoms. The van der Waals surface area contributed by atoms with Crippen LogP contribution in [0.15, 0.2) is 18.7 Å². The average molecular weight is 181 g/mol. The second-order valence-corrected chi connectivity index (χ2v) is 2.89. The highest BCUT2D eigenvalue weighted by Gasteiger charge is 2.05. The van der Waals surface area contributed by atoms with Gasteiger partial charge in [-0.3, -0.25) is 0 Å². The van der Waals surface area contributed by atoms with Crippen molar-refractivity contribution in [1.82, 2.24) is 15.3 Å². The Balaban J connectivity index is 2.35. The maximum atomic E-state index is 9.60. The van der Waals surface area contributed by atoms with Gasteiger partial charge in [0.05, 0.1) is 6.10 Å². The summed E-state index contributed by atoms with van der Waals surface area (Å²) >= 11 is 0. The van der Waals surface area contributed by atoms with E-state index in [4.69, 9.17) is 0 Å². The van der Waals surface area contributed by atoms with Crippen LogP contribution in [-0.4, -0.2) is 28.2 Å². The first kappa shape index (κ1) is 10.1. The topological polar surface area (TPSA) is 58.0 Å². The van der Waals surface area contributed by atoms with Crippen LogP contribution in [0.2, 0.25) is 0 Å². The van der Waals surface area contributed by atoms with Crippen LogP contribution in [-0.2, 0) is 0 Å². The summed E-state index contributed by atoms with van der Waals surface area (Å²) in [7, 11) is 0. The Hall–Kier alpha value is -1.00. The monoisotopic (exact) mass is 181 g/mol. The summed E-state index contributed by atoms with van der Waals surface area (Å²) in [5, 5.41) is 12.7. The molecule has 0 amide bonds. The van der Waals surface area contributed by atoms with Crippen LogP contribution in [0.4, 0.5) is 0 Å². The van der Waals surface area contributed by atoms with Crippen molar-refractivity contribution in [3.8, 4) is 0 Å². The molecule has 0 saturated heterocycles. The smallest absolute Gasteiger partial charge is 0.115 e. The Morgan fingerprint density at radius 1 is 1.46 bits per heavy atom. The van der Waals surface area contributed by atoms with Gasteiger partial charge in [-0.2, -0.15) is 0 Å². The lowest BCUT2D eigenvalue weighted by atomic mass is 10.2. The van der Waals surface area contributed by atoms with Crippen molar-refractivity contribution in [2.75, 3.05) is 13.1 Å². The van der Waals surface area contributed by atoms with Crippen LogP contribution < -0.4 is 5.32 Å². The van der Waals surface area contributed by atoms with Gasteiger partial charge in [-0.25, -0.2) is 9.97 Å². The molecular formula is C9H15N3O. The first-order valence-corrected chi connectivity index (χ1v) is 4.48. The van der Waals surface area contributed by atoms with Crippen LogP contribution in [0.25, 0.3) is 0 Å². The zero-order chi connectivity index (χ0) is 9.52. The normalized spacial score (nSPS) is 12.8. The third-order valence-electron chi connectivity index (χ3n) is 1.73. The average Bonchev–Trinajstić information content (AvgIpc) is 2.19. The summed E-state index contributed by atoms with van der Waals surface area (Å²) in [5.74, 6) is 0. The number of aromatic nitrogens is 2. The highest BCUT2D eigenvalue weighted by molar-refractivity contribution is 5.06. The molecule has 1 atom stereocenters. The van der Waals surface area contributed by atoms with Gasteiger partial charge in [0.25, 0.3) is 0 Å². The van der Waals surface area contributed by atoms with Gasteiger partial charge in [0, 0.05) is 24.5 Å². The molecule has 1 unspecified atom stereocenters. The fourth-order valence-corrected chi connectivity index (χ4v) is 1.02. The zero-order valence-electron chi connectivity index (χ0n) is 7.77. The predicted molar refractivity (Wildman–Crippen MR) is 50.2 cm³/mol. The summed E-state index contributed by atoms with van der Waals surface area (Å²) < 4.78 is 0. The van der Waals surface area contributed by atoms with E-state index in [1.165, 1.54) is 6.33 Å². The van der Waals surface area contributed by atoms with Gasteiger partial charge in [0.15, 0.2) is 0 Å². The molecule has 1 aromatic heterocycles. The Morgan fingerprint density at radius 3 is 2.77 bits per heavy atom. The van der Waals surface area contributed by atoms with E-state index in [0.29, 0.717) is 6.54 Å². The molecule has 4 heteroatoms. The molecule has 0 fully saturated rings. The van der Waals surface area contributed by atoms with Gasteiger partial charge in [0.1, 0.15) is 6.33 Å². The number of hydrogen-bond acceptors (Lipinski definition) is 4. The minimum atomic E-state index is -0.507. The Morgan fingerprint density at radius 2 is 2.15 bits per heavy atom. The van der Waals surface area contributed by atoms with Gasteiger partial charge in [-0.1, -0.05) is 6.92 Å². The lowest BCUT2D eigenvalue weighted by Gasteiger charge is -2.10. The molecule has 0 saturated carbocycles. The molecule has 4 nitrogen and oxygen atoms in total. The van der Waals surface area contributed by atoms with Gasteiger partial charge in [-0.05, 0) is 13.0 Å². The van der Waals surface area contributed by atoms with Gasteiger partial charge in [0.2, 0.25) is 0 Å². The number of nitrogens with one attached hydrogen (secondary N) is 1. The summed E-state index contributed by atoms with van der Waals surface area (Å²) in [6.07, 6.45) is 5.28. The number of aliphatic hydroxyl groups is 1. The maximum Gasteiger partial charge on any atom is 0.115 e. The molecule has 0 aliphatic heterocycles. The van der Waals surface area contributed by atoms with Crippen molar-refractivity contribution in [3.05, 3.63) is 24.3 Å². The summed E-state index contributed by atoms with van der Waals surface area (Å²) in [6, 6.07) is 0. The SMILES string of the molecule is CCCNCC(O)c1cncnc1. The van der Waals surface area contributed by atoms with Gasteiger partial charge >= 0.3 is 0 Å². The molecule has 0 aliphatic rings. The quantitative estimate of drug-likeness (QED) is 0.650. The molecule has 0 aromatic carbocycles. The van der Waals surface area contributed by atoms with Crippen molar-refractivity contribution in [1.29, 1.82) is 0 Å². The fraction of sp³-hybridized carbons (Fsp3) is 0.556. The molecule has 1 rings (SSSR count). The summed E-state index contributed by atoms with van der Waals surface area (Å²) in [6.45, 7) is 3.57. The molecule has 72 valence electrons. The largest absolute Gasteiger partial charge is 0.387 e. The van der Waals surface area contributed by atoms with Crippen molar-refractivity contribution in [2.24, 2.45) is 0 Å². The molecular weight excluding hydrogens is 166 g/mol. The van der Waals surface area contributed by atoms with Crippen LogP contribution in [0.3, 0.4) is 0 Å². The highest BCUT2D eigenvalue weighted by atomic mass is 16.3. The van der Waals surface area contributed by atoms with Crippen molar-refractivity contribution in [2.45, 2.75) is 19.4 Å². The lowest BCUT2D eigenvalue weighted by Crippen LogP contribution is -2.22. The van der Waals surface area contributed by atoms with Crippen LogP contribution in [0, 0.1) is 0 Å². The summed E-state index contributed by atoms with van der Waals surface area (Å²) in [4.78, 5) is 7.67. The van der Waals surface area contributed by atoms with E-state index < -0.39 is 6.10 Å². The molecule has 1 aromatic rings. The zero-order valence-corrected chi connectivity index (χ0v) is 7.77. The third kappa shape index (κ3) is 3.48. The van der Waals surface area contributed by atoms with E-state index in [2.05, 4.69) is 22.2 Å². The second kappa shape index (κ2) is 5.61. The van der Waals surface area contributed by atoms with E-state index in [-0.39, 0.29) is 0 Å². The standard InChI is InChI=1S/C9H15N3O/c1-2-3-10-6-9(13)8-4-11-7-12-5-8/h4-5,7,9-10,13H,2-3,6H2,1H3. The number of rotatable bonds is 5.